The maximum atomic E-state index is 11.1. The molecule has 0 aliphatic heterocycles. The third-order valence-electron chi connectivity index (χ3n) is 2.40. The van der Waals surface area contributed by atoms with Crippen LogP contribution in [-0.4, -0.2) is 10.5 Å². The van der Waals surface area contributed by atoms with Crippen molar-refractivity contribution >= 4 is 16.8 Å². The molecule has 0 bridgehead atoms. The topological polar surface area (TPSA) is 60.0 Å². The SMILES string of the molecule is Cc1ccc2c(ccn2CC(=O)NN)c1. The Hall–Kier alpha value is -1.81. The number of carbonyl (C=O) groups excluding carboxylic acids is 1. The quantitative estimate of drug-likeness (QED) is 0.433. The Balaban J connectivity index is 2.41. The first-order valence-corrected chi connectivity index (χ1v) is 4.75. The highest BCUT2D eigenvalue weighted by molar-refractivity contribution is 5.83. The minimum Gasteiger partial charge on any atom is -0.338 e. The number of amides is 1. The molecule has 15 heavy (non-hydrogen) atoms. The summed E-state index contributed by atoms with van der Waals surface area (Å²) in [5, 5.41) is 1.14. The standard InChI is InChI=1S/C11H13N3O/c1-8-2-3-10-9(6-8)4-5-14(10)7-11(15)13-12/h2-6H,7,12H2,1H3,(H,13,15). The lowest BCUT2D eigenvalue weighted by Gasteiger charge is -2.03. The van der Waals surface area contributed by atoms with Gasteiger partial charge in [0.2, 0.25) is 0 Å². The summed E-state index contributed by atoms with van der Waals surface area (Å²) in [4.78, 5) is 11.1. The molecule has 0 saturated carbocycles. The van der Waals surface area contributed by atoms with E-state index < -0.39 is 0 Å². The van der Waals surface area contributed by atoms with E-state index in [0.717, 1.165) is 10.9 Å². The van der Waals surface area contributed by atoms with Crippen LogP contribution in [0, 0.1) is 6.92 Å². The molecule has 4 heteroatoms. The van der Waals surface area contributed by atoms with Crippen LogP contribution in [0.15, 0.2) is 30.5 Å². The molecular formula is C11H13N3O. The number of nitrogens with zero attached hydrogens (tertiary/aromatic N) is 1. The van der Waals surface area contributed by atoms with Crippen molar-refractivity contribution in [3.63, 3.8) is 0 Å². The van der Waals surface area contributed by atoms with E-state index in [0.29, 0.717) is 0 Å². The summed E-state index contributed by atoms with van der Waals surface area (Å²) in [6.45, 7) is 2.30. The Bertz CT molecular complexity index is 502. The summed E-state index contributed by atoms with van der Waals surface area (Å²) in [6, 6.07) is 8.12. The molecule has 0 unspecified atom stereocenters. The van der Waals surface area contributed by atoms with Crippen LogP contribution in [0.1, 0.15) is 5.56 Å². The van der Waals surface area contributed by atoms with Crippen molar-refractivity contribution in [1.82, 2.24) is 9.99 Å². The van der Waals surface area contributed by atoms with Gasteiger partial charge in [-0.3, -0.25) is 10.2 Å². The zero-order valence-corrected chi connectivity index (χ0v) is 8.53. The van der Waals surface area contributed by atoms with Crippen molar-refractivity contribution in [3.05, 3.63) is 36.0 Å². The number of aryl methyl sites for hydroxylation is 1. The van der Waals surface area contributed by atoms with Crippen LogP contribution in [0.3, 0.4) is 0 Å². The average molecular weight is 203 g/mol. The number of hydrogen-bond donors (Lipinski definition) is 2. The van der Waals surface area contributed by atoms with Crippen LogP contribution >= 0.6 is 0 Å². The molecule has 2 aromatic rings. The Morgan fingerprint density at radius 3 is 3.00 bits per heavy atom. The monoisotopic (exact) mass is 203 g/mol. The zero-order chi connectivity index (χ0) is 10.8. The molecule has 0 aliphatic rings. The Labute approximate surface area is 87.6 Å². The van der Waals surface area contributed by atoms with Crippen molar-refractivity contribution in [2.45, 2.75) is 13.5 Å². The fourth-order valence-electron chi connectivity index (χ4n) is 1.66. The van der Waals surface area contributed by atoms with E-state index in [4.69, 9.17) is 5.84 Å². The van der Waals surface area contributed by atoms with Gasteiger partial charge in [0.1, 0.15) is 6.54 Å². The van der Waals surface area contributed by atoms with Crippen LogP contribution < -0.4 is 11.3 Å². The van der Waals surface area contributed by atoms with Gasteiger partial charge in [0, 0.05) is 11.7 Å². The molecule has 0 aliphatic carbocycles. The molecule has 1 amide bonds. The number of nitrogens with one attached hydrogen (secondary N) is 1. The van der Waals surface area contributed by atoms with Crippen LogP contribution in [-0.2, 0) is 11.3 Å². The molecule has 1 aromatic heterocycles. The maximum absolute atomic E-state index is 11.1. The number of fused-ring (bicyclic) bond motifs is 1. The largest absolute Gasteiger partial charge is 0.338 e. The summed E-state index contributed by atoms with van der Waals surface area (Å²) in [5.41, 5.74) is 4.38. The predicted molar refractivity (Wildman–Crippen MR) is 59.0 cm³/mol. The van der Waals surface area contributed by atoms with E-state index >= 15 is 0 Å². The van der Waals surface area contributed by atoms with E-state index in [9.17, 15) is 4.79 Å². The molecule has 0 spiro atoms. The molecule has 1 aromatic carbocycles. The molecule has 3 N–H and O–H groups in total. The molecule has 0 radical (unpaired) electrons. The lowest BCUT2D eigenvalue weighted by molar-refractivity contribution is -0.121. The van der Waals surface area contributed by atoms with Crippen LogP contribution in [0.2, 0.25) is 0 Å². The molecule has 1 heterocycles. The van der Waals surface area contributed by atoms with Crippen molar-refractivity contribution < 1.29 is 4.79 Å². The first kappa shape index (κ1) is 9.73. The van der Waals surface area contributed by atoms with Gasteiger partial charge in [-0.2, -0.15) is 0 Å². The number of rotatable bonds is 2. The highest BCUT2D eigenvalue weighted by atomic mass is 16.2. The van der Waals surface area contributed by atoms with Crippen molar-refractivity contribution in [2.24, 2.45) is 5.84 Å². The van der Waals surface area contributed by atoms with E-state index in [1.54, 1.807) is 0 Å². The number of aromatic nitrogens is 1. The van der Waals surface area contributed by atoms with Gasteiger partial charge in [0.15, 0.2) is 0 Å². The van der Waals surface area contributed by atoms with Crippen molar-refractivity contribution in [1.29, 1.82) is 0 Å². The highest BCUT2D eigenvalue weighted by Crippen LogP contribution is 2.16. The van der Waals surface area contributed by atoms with Crippen LogP contribution in [0.4, 0.5) is 0 Å². The summed E-state index contributed by atoms with van der Waals surface area (Å²) in [7, 11) is 0. The normalized spacial score (nSPS) is 10.5. The van der Waals surface area contributed by atoms with Crippen LogP contribution in [0.25, 0.3) is 10.9 Å². The van der Waals surface area contributed by atoms with Gasteiger partial charge < -0.3 is 4.57 Å². The molecule has 0 fully saturated rings. The average Bonchev–Trinajstić information content (AvgIpc) is 2.60. The number of benzene rings is 1. The van der Waals surface area contributed by atoms with Crippen molar-refractivity contribution in [3.8, 4) is 0 Å². The third kappa shape index (κ3) is 1.85. The van der Waals surface area contributed by atoms with Gasteiger partial charge in [-0.15, -0.1) is 0 Å². The van der Waals surface area contributed by atoms with E-state index in [-0.39, 0.29) is 12.5 Å². The smallest absolute Gasteiger partial charge is 0.253 e. The van der Waals surface area contributed by atoms with Crippen molar-refractivity contribution in [2.75, 3.05) is 0 Å². The summed E-state index contributed by atoms with van der Waals surface area (Å²) < 4.78 is 1.87. The van der Waals surface area contributed by atoms with Gasteiger partial charge in [-0.1, -0.05) is 11.6 Å². The molecule has 0 saturated heterocycles. The third-order valence-corrected chi connectivity index (χ3v) is 2.40. The predicted octanol–water partition coefficient (Wildman–Crippen LogP) is 0.940. The minimum atomic E-state index is -0.201. The number of hydrogen-bond acceptors (Lipinski definition) is 2. The van der Waals surface area contributed by atoms with Gasteiger partial charge >= 0.3 is 0 Å². The highest BCUT2D eigenvalue weighted by Gasteiger charge is 2.04. The lowest BCUT2D eigenvalue weighted by atomic mass is 10.2. The summed E-state index contributed by atoms with van der Waals surface area (Å²) in [6.07, 6.45) is 1.89. The van der Waals surface area contributed by atoms with E-state index in [1.807, 2.05) is 35.9 Å². The minimum absolute atomic E-state index is 0.201. The first-order valence-electron chi connectivity index (χ1n) is 4.75. The second-order valence-corrected chi connectivity index (χ2v) is 3.57. The number of nitrogens with two attached hydrogens (primary N) is 1. The summed E-state index contributed by atoms with van der Waals surface area (Å²) >= 11 is 0. The molecule has 4 nitrogen and oxygen atoms in total. The second-order valence-electron chi connectivity index (χ2n) is 3.57. The van der Waals surface area contributed by atoms with Gasteiger partial charge in [0.05, 0.1) is 0 Å². The van der Waals surface area contributed by atoms with Crippen LogP contribution in [0.5, 0.6) is 0 Å². The molecule has 78 valence electrons. The van der Waals surface area contributed by atoms with Gasteiger partial charge in [-0.25, -0.2) is 5.84 Å². The Morgan fingerprint density at radius 1 is 1.47 bits per heavy atom. The summed E-state index contributed by atoms with van der Waals surface area (Å²) in [5.74, 6) is 4.84. The fourth-order valence-corrected chi connectivity index (χ4v) is 1.66. The lowest BCUT2D eigenvalue weighted by Crippen LogP contribution is -2.33. The first-order chi connectivity index (χ1) is 7.20. The molecular weight excluding hydrogens is 190 g/mol. The fraction of sp³-hybridized carbons (Fsp3) is 0.182. The Kier molecular flexibility index (Phi) is 2.43. The van der Waals surface area contributed by atoms with Gasteiger partial charge in [-0.05, 0) is 30.5 Å². The van der Waals surface area contributed by atoms with E-state index in [2.05, 4.69) is 11.5 Å². The second kappa shape index (κ2) is 3.74. The number of hydrazine groups is 1. The molecule has 0 atom stereocenters. The molecule has 2 rings (SSSR count). The van der Waals surface area contributed by atoms with Gasteiger partial charge in [0.25, 0.3) is 5.91 Å². The Morgan fingerprint density at radius 2 is 2.27 bits per heavy atom. The zero-order valence-electron chi connectivity index (χ0n) is 8.53. The maximum Gasteiger partial charge on any atom is 0.253 e. The number of carbonyl (C=O) groups is 1. The van der Waals surface area contributed by atoms with E-state index in [1.165, 1.54) is 5.56 Å².